The third-order valence-electron chi connectivity index (χ3n) is 3.03. The van der Waals surface area contributed by atoms with Crippen LogP contribution in [-0.2, 0) is 23.8 Å². The highest BCUT2D eigenvalue weighted by Gasteiger charge is 2.42. The van der Waals surface area contributed by atoms with E-state index in [1.807, 2.05) is 0 Å². The van der Waals surface area contributed by atoms with Gasteiger partial charge in [-0.2, -0.15) is 0 Å². The molecule has 0 N–H and O–H groups in total. The molecule has 2 rings (SSSR count). The predicted molar refractivity (Wildman–Crippen MR) is 69.5 cm³/mol. The summed E-state index contributed by atoms with van der Waals surface area (Å²) in [7, 11) is 0. The first-order chi connectivity index (χ1) is 9.63. The molecule has 1 fully saturated rings. The molecule has 5 nitrogen and oxygen atoms in total. The van der Waals surface area contributed by atoms with E-state index in [-0.39, 0.29) is 31.6 Å². The van der Waals surface area contributed by atoms with Gasteiger partial charge in [0.15, 0.2) is 5.60 Å². The van der Waals surface area contributed by atoms with E-state index in [1.165, 1.54) is 0 Å². The van der Waals surface area contributed by atoms with Crippen LogP contribution in [-0.4, -0.2) is 30.8 Å². The Balaban J connectivity index is 1.95. The minimum atomic E-state index is -0.887. The van der Waals surface area contributed by atoms with Crippen LogP contribution in [0.5, 0.6) is 0 Å². The molecule has 1 unspecified atom stereocenters. The monoisotopic (exact) mass is 276 g/mol. The van der Waals surface area contributed by atoms with Crippen molar-refractivity contribution in [3.05, 3.63) is 35.4 Å². The van der Waals surface area contributed by atoms with E-state index in [1.54, 1.807) is 25.2 Å². The summed E-state index contributed by atoms with van der Waals surface area (Å²) in [4.78, 5) is 22.6. The largest absolute Gasteiger partial charge is 0.489 e. The van der Waals surface area contributed by atoms with Crippen LogP contribution in [0.4, 0.5) is 0 Å². The molecule has 0 radical (unpaired) electrons. The van der Waals surface area contributed by atoms with Crippen LogP contribution in [0.3, 0.4) is 0 Å². The molecule has 1 saturated heterocycles. The van der Waals surface area contributed by atoms with Crippen LogP contribution < -0.4 is 0 Å². The van der Waals surface area contributed by atoms with Gasteiger partial charge >= 0.3 is 11.9 Å². The van der Waals surface area contributed by atoms with Crippen LogP contribution in [0.1, 0.15) is 26.2 Å². The van der Waals surface area contributed by atoms with Crippen molar-refractivity contribution < 1.29 is 23.8 Å². The summed E-state index contributed by atoms with van der Waals surface area (Å²) in [5.41, 5.74) is 4.65. The Hall–Kier alpha value is -2.22. The van der Waals surface area contributed by atoms with E-state index >= 15 is 0 Å². The summed E-state index contributed by atoms with van der Waals surface area (Å²) in [6, 6.07) is 0. The Labute approximate surface area is 117 Å². The van der Waals surface area contributed by atoms with Gasteiger partial charge in [-0.25, -0.2) is 0 Å². The van der Waals surface area contributed by atoms with Gasteiger partial charge in [0, 0.05) is 25.3 Å². The standard InChI is InChI=1S/C15H16O5/c1-2-13(16)19-11-15(9-8-14(17)20-15)10-18-12-6-4-3-5-7-12/h4,6-7H,2,8-11H2,1H3. The molecule has 0 amide bonds. The number of hydrogen-bond donors (Lipinski definition) is 0. The van der Waals surface area contributed by atoms with E-state index < -0.39 is 5.60 Å². The zero-order chi connectivity index (χ0) is 14.4. The van der Waals surface area contributed by atoms with Gasteiger partial charge in [-0.05, 0) is 12.2 Å². The lowest BCUT2D eigenvalue weighted by Gasteiger charge is -2.27. The summed E-state index contributed by atoms with van der Waals surface area (Å²) in [6.45, 7) is 1.88. The fraction of sp³-hybridized carbons (Fsp3) is 0.467. The van der Waals surface area contributed by atoms with E-state index in [0.717, 1.165) is 0 Å². The van der Waals surface area contributed by atoms with Crippen molar-refractivity contribution >= 4 is 11.9 Å². The lowest BCUT2D eigenvalue weighted by atomic mass is 10.0. The highest BCUT2D eigenvalue weighted by molar-refractivity contribution is 5.72. The molecule has 1 atom stereocenters. The Kier molecular flexibility index (Phi) is 4.46. The molecule has 0 aromatic heterocycles. The zero-order valence-corrected chi connectivity index (χ0v) is 11.3. The molecule has 5 heteroatoms. The fourth-order valence-electron chi connectivity index (χ4n) is 1.87. The van der Waals surface area contributed by atoms with Crippen molar-refractivity contribution in [2.75, 3.05) is 13.2 Å². The lowest BCUT2D eigenvalue weighted by molar-refractivity contribution is -0.167. The number of hydrogen-bond acceptors (Lipinski definition) is 5. The summed E-state index contributed by atoms with van der Waals surface area (Å²) in [5.74, 6) is -0.0167. The van der Waals surface area contributed by atoms with Gasteiger partial charge < -0.3 is 14.2 Å². The quantitative estimate of drug-likeness (QED) is 0.547. The molecule has 0 aromatic rings. The van der Waals surface area contributed by atoms with Gasteiger partial charge in [-0.15, -0.1) is 0 Å². The number of allylic oxidation sites excluding steroid dienone is 3. The number of rotatable bonds is 6. The predicted octanol–water partition coefficient (Wildman–Crippen LogP) is 1.80. The summed E-state index contributed by atoms with van der Waals surface area (Å²) in [6.07, 6.45) is 6.13. The van der Waals surface area contributed by atoms with Crippen LogP contribution in [0.25, 0.3) is 0 Å². The van der Waals surface area contributed by atoms with Gasteiger partial charge in [0.2, 0.25) is 0 Å². The van der Waals surface area contributed by atoms with Crippen LogP contribution in [0.15, 0.2) is 35.4 Å². The van der Waals surface area contributed by atoms with E-state index in [4.69, 9.17) is 14.2 Å². The Morgan fingerprint density at radius 1 is 1.45 bits per heavy atom. The van der Waals surface area contributed by atoms with Crippen molar-refractivity contribution in [1.82, 2.24) is 0 Å². The minimum Gasteiger partial charge on any atom is -0.489 e. The number of esters is 2. The summed E-state index contributed by atoms with van der Waals surface area (Å²) < 4.78 is 16.0. The molecular weight excluding hydrogens is 260 g/mol. The molecular formula is C15H16O5. The van der Waals surface area contributed by atoms with Crippen molar-refractivity contribution in [2.45, 2.75) is 31.8 Å². The van der Waals surface area contributed by atoms with Crippen molar-refractivity contribution in [1.29, 1.82) is 0 Å². The normalized spacial score (nSPS) is 23.4. The topological polar surface area (TPSA) is 61.8 Å². The molecule has 1 aliphatic heterocycles. The van der Waals surface area contributed by atoms with Crippen LogP contribution in [0, 0.1) is 0 Å². The highest BCUT2D eigenvalue weighted by atomic mass is 16.6. The summed E-state index contributed by atoms with van der Waals surface area (Å²) >= 11 is 0. The molecule has 0 spiro atoms. The molecule has 1 heterocycles. The molecule has 20 heavy (non-hydrogen) atoms. The zero-order valence-electron chi connectivity index (χ0n) is 11.3. The Morgan fingerprint density at radius 2 is 2.30 bits per heavy atom. The molecule has 1 aliphatic carbocycles. The number of carbonyl (C=O) groups excluding carboxylic acids is 2. The molecule has 0 bridgehead atoms. The smallest absolute Gasteiger partial charge is 0.306 e. The second kappa shape index (κ2) is 6.29. The van der Waals surface area contributed by atoms with Gasteiger partial charge in [0.1, 0.15) is 19.0 Å². The van der Waals surface area contributed by atoms with E-state index in [9.17, 15) is 9.59 Å². The lowest BCUT2D eigenvalue weighted by Crippen LogP contribution is -2.40. The first-order valence-electron chi connectivity index (χ1n) is 6.52. The van der Waals surface area contributed by atoms with E-state index in [0.29, 0.717) is 18.6 Å². The van der Waals surface area contributed by atoms with Gasteiger partial charge in [-0.1, -0.05) is 18.4 Å². The minimum absolute atomic E-state index is 0.0219. The van der Waals surface area contributed by atoms with Crippen LogP contribution >= 0.6 is 0 Å². The third kappa shape index (κ3) is 3.64. The fourth-order valence-corrected chi connectivity index (χ4v) is 1.87. The molecule has 0 aromatic carbocycles. The second-order valence-corrected chi connectivity index (χ2v) is 4.63. The Bertz CT molecular complexity index is 532. The van der Waals surface area contributed by atoms with Crippen molar-refractivity contribution in [3.63, 3.8) is 0 Å². The third-order valence-corrected chi connectivity index (χ3v) is 3.03. The van der Waals surface area contributed by atoms with Crippen LogP contribution in [0.2, 0.25) is 0 Å². The maximum absolute atomic E-state index is 11.4. The molecule has 0 saturated carbocycles. The highest BCUT2D eigenvalue weighted by Crippen LogP contribution is 2.28. The second-order valence-electron chi connectivity index (χ2n) is 4.63. The van der Waals surface area contributed by atoms with Gasteiger partial charge in [0.25, 0.3) is 0 Å². The number of carbonyl (C=O) groups is 2. The average Bonchev–Trinajstić information content (AvgIpc) is 2.86. The van der Waals surface area contributed by atoms with Gasteiger partial charge in [0.05, 0.1) is 0 Å². The maximum Gasteiger partial charge on any atom is 0.306 e. The summed E-state index contributed by atoms with van der Waals surface area (Å²) in [5, 5.41) is 0. The number of cyclic esters (lactones) is 1. The first-order valence-corrected chi connectivity index (χ1v) is 6.52. The molecule has 106 valence electrons. The molecule has 2 aliphatic rings. The van der Waals surface area contributed by atoms with E-state index in [2.05, 4.69) is 11.5 Å². The SMILES string of the molecule is CCC(=O)OCC1(COC2=CC=C=C=C2)CCC(=O)O1. The number of ether oxygens (including phenoxy) is 3. The van der Waals surface area contributed by atoms with Gasteiger partial charge in [-0.3, -0.25) is 9.59 Å². The van der Waals surface area contributed by atoms with Crippen molar-refractivity contribution in [2.24, 2.45) is 0 Å². The Morgan fingerprint density at radius 3 is 2.90 bits per heavy atom. The maximum atomic E-state index is 11.4. The average molecular weight is 276 g/mol. The first kappa shape index (κ1) is 14.2. The van der Waals surface area contributed by atoms with Crippen molar-refractivity contribution in [3.8, 4) is 0 Å².